The van der Waals surface area contributed by atoms with Crippen LogP contribution in [0.3, 0.4) is 0 Å². The van der Waals surface area contributed by atoms with Crippen molar-refractivity contribution in [2.45, 2.75) is 20.8 Å². The van der Waals surface area contributed by atoms with Crippen molar-refractivity contribution in [3.05, 3.63) is 85.8 Å². The van der Waals surface area contributed by atoms with Crippen molar-refractivity contribution >= 4 is 11.7 Å². The van der Waals surface area contributed by atoms with E-state index in [1.807, 2.05) is 57.2 Å². The normalized spacial score (nSPS) is 14.5. The summed E-state index contributed by atoms with van der Waals surface area (Å²) >= 11 is 0. The maximum atomic E-state index is 4.52. The second-order valence-electron chi connectivity index (χ2n) is 4.15. The van der Waals surface area contributed by atoms with Gasteiger partial charge < -0.3 is 5.32 Å². The Labute approximate surface area is 134 Å². The van der Waals surface area contributed by atoms with Crippen molar-refractivity contribution in [3.63, 3.8) is 0 Å². The summed E-state index contributed by atoms with van der Waals surface area (Å²) in [6.45, 7) is 16.8. The molecule has 0 rings (SSSR count). The topological polar surface area (TPSA) is 36.8 Å². The van der Waals surface area contributed by atoms with Gasteiger partial charge in [0, 0.05) is 17.6 Å². The molecule has 0 saturated carbocycles. The summed E-state index contributed by atoms with van der Waals surface area (Å²) < 4.78 is 0. The zero-order valence-electron chi connectivity index (χ0n) is 13.7. The molecule has 0 aliphatic heterocycles. The SMILES string of the molecule is C=C/C=C\C(=C/C)C(C)=NC(=NC=C)NC(/C=C\C)=C/C=C. The Balaban J connectivity index is 5.47. The average molecular weight is 295 g/mol. The Hall–Kier alpha value is -2.68. The minimum absolute atomic E-state index is 0.463. The first-order valence-electron chi connectivity index (χ1n) is 7.05. The van der Waals surface area contributed by atoms with Gasteiger partial charge in [0.2, 0.25) is 5.96 Å². The van der Waals surface area contributed by atoms with E-state index in [2.05, 4.69) is 35.0 Å². The van der Waals surface area contributed by atoms with Crippen LogP contribution < -0.4 is 5.32 Å². The van der Waals surface area contributed by atoms with Crippen molar-refractivity contribution in [1.29, 1.82) is 0 Å². The van der Waals surface area contributed by atoms with Crippen LogP contribution >= 0.6 is 0 Å². The monoisotopic (exact) mass is 295 g/mol. The van der Waals surface area contributed by atoms with Gasteiger partial charge in [0.25, 0.3) is 0 Å². The number of guanidine groups is 1. The first kappa shape index (κ1) is 19.3. The molecule has 0 aromatic rings. The molecule has 0 aliphatic rings. The van der Waals surface area contributed by atoms with Gasteiger partial charge in [0.15, 0.2) is 0 Å². The molecule has 0 amide bonds. The fraction of sp³-hybridized carbons (Fsp3) is 0.158. The van der Waals surface area contributed by atoms with Crippen molar-refractivity contribution in [1.82, 2.24) is 5.32 Å². The molecule has 0 fully saturated rings. The molecule has 0 aromatic carbocycles. The van der Waals surface area contributed by atoms with E-state index in [1.165, 1.54) is 6.20 Å². The van der Waals surface area contributed by atoms with Gasteiger partial charge in [0.1, 0.15) is 0 Å². The minimum Gasteiger partial charge on any atom is -0.324 e. The number of hydrogen-bond donors (Lipinski definition) is 1. The second-order valence-corrected chi connectivity index (χ2v) is 4.15. The molecule has 1 N–H and O–H groups in total. The largest absolute Gasteiger partial charge is 0.324 e. The van der Waals surface area contributed by atoms with Crippen LogP contribution in [0.4, 0.5) is 0 Å². The molecule has 0 bridgehead atoms. The van der Waals surface area contributed by atoms with E-state index in [9.17, 15) is 0 Å². The standard InChI is InChI=1S/C19H25N3/c1-7-12-15-17(10-4)16(6)21-19(20-11-5)22-18(13-8-2)14-9-3/h7-15H,1-2,5H2,3-4,6H3,(H,20,22)/b14-9-,15-12-,17-10+,18-13+,21-16?. The number of nitrogens with zero attached hydrogens (tertiary/aromatic N) is 2. The summed E-state index contributed by atoms with van der Waals surface area (Å²) in [5.74, 6) is 0.463. The Morgan fingerprint density at radius 3 is 2.27 bits per heavy atom. The Morgan fingerprint density at radius 1 is 1.05 bits per heavy atom. The van der Waals surface area contributed by atoms with Crippen molar-refractivity contribution in [2.75, 3.05) is 0 Å². The maximum Gasteiger partial charge on any atom is 0.227 e. The van der Waals surface area contributed by atoms with Crippen molar-refractivity contribution in [3.8, 4) is 0 Å². The van der Waals surface area contributed by atoms with E-state index >= 15 is 0 Å². The van der Waals surface area contributed by atoms with E-state index in [4.69, 9.17) is 0 Å². The maximum absolute atomic E-state index is 4.52. The van der Waals surface area contributed by atoms with Crippen LogP contribution in [0.5, 0.6) is 0 Å². The molecular formula is C19H25N3. The summed E-state index contributed by atoms with van der Waals surface area (Å²) in [4.78, 5) is 8.68. The predicted molar refractivity (Wildman–Crippen MR) is 100 cm³/mol. The molecule has 0 radical (unpaired) electrons. The first-order valence-corrected chi connectivity index (χ1v) is 7.05. The van der Waals surface area contributed by atoms with E-state index in [0.717, 1.165) is 17.0 Å². The highest BCUT2D eigenvalue weighted by Crippen LogP contribution is 2.03. The van der Waals surface area contributed by atoms with Crippen LogP contribution in [0, 0.1) is 0 Å². The minimum atomic E-state index is 0.463. The number of aliphatic imine (C=N–C) groups is 2. The number of hydrogen-bond acceptors (Lipinski definition) is 1. The zero-order valence-corrected chi connectivity index (χ0v) is 13.7. The van der Waals surface area contributed by atoms with Crippen molar-refractivity contribution < 1.29 is 0 Å². The molecule has 22 heavy (non-hydrogen) atoms. The fourth-order valence-corrected chi connectivity index (χ4v) is 1.57. The van der Waals surface area contributed by atoms with Crippen LogP contribution in [0.15, 0.2) is 95.8 Å². The third-order valence-corrected chi connectivity index (χ3v) is 2.53. The van der Waals surface area contributed by atoms with E-state index in [1.54, 1.807) is 12.2 Å². The summed E-state index contributed by atoms with van der Waals surface area (Å²) in [5.41, 5.74) is 2.68. The van der Waals surface area contributed by atoms with Crippen LogP contribution in [0.2, 0.25) is 0 Å². The van der Waals surface area contributed by atoms with Gasteiger partial charge in [-0.1, -0.05) is 56.2 Å². The Bertz CT molecular complexity index is 567. The number of allylic oxidation sites excluding steroid dienone is 9. The highest BCUT2D eigenvalue weighted by Gasteiger charge is 2.01. The number of nitrogens with one attached hydrogen (secondary N) is 1. The third kappa shape index (κ3) is 7.80. The fourth-order valence-electron chi connectivity index (χ4n) is 1.57. The first-order chi connectivity index (χ1) is 10.6. The van der Waals surface area contributed by atoms with Gasteiger partial charge in [0.05, 0.1) is 0 Å². The molecule has 0 aliphatic carbocycles. The molecule has 3 heteroatoms. The highest BCUT2D eigenvalue weighted by atomic mass is 15.1. The lowest BCUT2D eigenvalue weighted by molar-refractivity contribution is 1.14. The molecule has 0 heterocycles. The van der Waals surface area contributed by atoms with Crippen LogP contribution in [0.1, 0.15) is 20.8 Å². The second kappa shape index (κ2) is 12.1. The summed E-state index contributed by atoms with van der Waals surface area (Å²) in [7, 11) is 0. The van der Waals surface area contributed by atoms with Gasteiger partial charge in [-0.2, -0.15) is 0 Å². The Morgan fingerprint density at radius 2 is 1.77 bits per heavy atom. The Kier molecular flexibility index (Phi) is 10.6. The van der Waals surface area contributed by atoms with E-state index in [-0.39, 0.29) is 0 Å². The molecule has 0 aromatic heterocycles. The van der Waals surface area contributed by atoms with Gasteiger partial charge in [-0.05, 0) is 38.5 Å². The summed E-state index contributed by atoms with van der Waals surface area (Å²) in [6.07, 6.45) is 16.4. The quantitative estimate of drug-likeness (QED) is 0.406. The van der Waals surface area contributed by atoms with E-state index in [0.29, 0.717) is 5.96 Å². The average Bonchev–Trinajstić information content (AvgIpc) is 2.48. The van der Waals surface area contributed by atoms with Crippen molar-refractivity contribution in [2.24, 2.45) is 9.98 Å². The predicted octanol–water partition coefficient (Wildman–Crippen LogP) is 4.87. The molecule has 0 unspecified atom stereocenters. The molecular weight excluding hydrogens is 270 g/mol. The molecule has 3 nitrogen and oxygen atoms in total. The van der Waals surface area contributed by atoms with Crippen LogP contribution in [-0.4, -0.2) is 11.7 Å². The smallest absolute Gasteiger partial charge is 0.227 e. The van der Waals surface area contributed by atoms with E-state index < -0.39 is 0 Å². The zero-order chi connectivity index (χ0) is 16.8. The van der Waals surface area contributed by atoms with Crippen LogP contribution in [0.25, 0.3) is 0 Å². The summed E-state index contributed by atoms with van der Waals surface area (Å²) in [6, 6.07) is 0. The molecule has 0 spiro atoms. The highest BCUT2D eigenvalue weighted by molar-refractivity contribution is 6.07. The van der Waals surface area contributed by atoms with Gasteiger partial charge in [-0.25, -0.2) is 9.98 Å². The van der Waals surface area contributed by atoms with Crippen LogP contribution in [-0.2, 0) is 0 Å². The molecule has 116 valence electrons. The molecule has 0 saturated heterocycles. The summed E-state index contributed by atoms with van der Waals surface area (Å²) in [5, 5.41) is 3.15. The third-order valence-electron chi connectivity index (χ3n) is 2.53. The lowest BCUT2D eigenvalue weighted by Crippen LogP contribution is -2.21. The lowest BCUT2D eigenvalue weighted by atomic mass is 10.1. The van der Waals surface area contributed by atoms with Gasteiger partial charge in [-0.3, -0.25) is 0 Å². The van der Waals surface area contributed by atoms with Gasteiger partial charge >= 0.3 is 0 Å². The molecule has 0 atom stereocenters. The van der Waals surface area contributed by atoms with Gasteiger partial charge in [-0.15, -0.1) is 0 Å². The number of rotatable bonds is 7. The lowest BCUT2D eigenvalue weighted by Gasteiger charge is -2.08.